The first kappa shape index (κ1) is 13.5. The average Bonchev–Trinajstić information content (AvgIpc) is 2.88. The van der Waals surface area contributed by atoms with Gasteiger partial charge in [0.15, 0.2) is 0 Å². The van der Waals surface area contributed by atoms with Crippen LogP contribution in [0.1, 0.15) is 6.42 Å². The van der Waals surface area contributed by atoms with Gasteiger partial charge in [-0.1, -0.05) is 0 Å². The maximum Gasteiger partial charge on any atom is 0.242 e. The topological polar surface area (TPSA) is 103 Å². The van der Waals surface area contributed by atoms with Crippen molar-refractivity contribution in [3.05, 3.63) is 36.8 Å². The Balaban J connectivity index is 1.86. The summed E-state index contributed by atoms with van der Waals surface area (Å²) in [6.45, 7) is 1.00. The number of aromatic nitrogens is 3. The molecule has 0 aliphatic heterocycles. The van der Waals surface area contributed by atoms with Crippen LogP contribution >= 0.6 is 0 Å². The normalized spacial score (nSPS) is 11.6. The van der Waals surface area contributed by atoms with E-state index in [2.05, 4.69) is 14.8 Å². The summed E-state index contributed by atoms with van der Waals surface area (Å²) in [5, 5.41) is 4.03. The van der Waals surface area contributed by atoms with Gasteiger partial charge in [0.25, 0.3) is 0 Å². The van der Waals surface area contributed by atoms with E-state index in [9.17, 15) is 8.42 Å². The second-order valence-corrected chi connectivity index (χ2v) is 5.71. The van der Waals surface area contributed by atoms with Crippen molar-refractivity contribution in [2.24, 2.45) is 0 Å². The maximum absolute atomic E-state index is 11.9. The van der Waals surface area contributed by atoms with Crippen LogP contribution < -0.4 is 10.5 Å². The summed E-state index contributed by atoms with van der Waals surface area (Å²) < 4.78 is 28.0. The lowest BCUT2D eigenvalue weighted by molar-refractivity contribution is 0.553. The Morgan fingerprint density at radius 1 is 1.37 bits per heavy atom. The minimum atomic E-state index is -3.52. The molecule has 2 aromatic heterocycles. The molecule has 0 bridgehead atoms. The number of sulfonamides is 1. The van der Waals surface area contributed by atoms with E-state index in [1.165, 1.54) is 18.3 Å². The van der Waals surface area contributed by atoms with Crippen LogP contribution in [0.15, 0.2) is 41.7 Å². The van der Waals surface area contributed by atoms with Gasteiger partial charge in [-0.2, -0.15) is 5.10 Å². The minimum Gasteiger partial charge on any atom is -0.384 e. The van der Waals surface area contributed by atoms with Gasteiger partial charge in [-0.05, 0) is 24.6 Å². The Labute approximate surface area is 111 Å². The van der Waals surface area contributed by atoms with Crippen LogP contribution in [0.4, 0.5) is 5.82 Å². The second kappa shape index (κ2) is 5.81. The Hall–Kier alpha value is -1.93. The fourth-order valence-electron chi connectivity index (χ4n) is 1.51. The van der Waals surface area contributed by atoms with Gasteiger partial charge in [0.2, 0.25) is 10.0 Å². The molecular weight excluding hydrogens is 266 g/mol. The van der Waals surface area contributed by atoms with E-state index < -0.39 is 10.0 Å². The molecule has 8 heteroatoms. The number of anilines is 1. The molecule has 7 nitrogen and oxygen atoms in total. The number of aryl methyl sites for hydroxylation is 1. The highest BCUT2D eigenvalue weighted by Crippen LogP contribution is 2.08. The standard InChI is InChI=1S/C11H15N5O2S/c12-11-4-3-10(9-13-11)19(17,18)15-6-2-8-16-7-1-5-14-16/h1,3-5,7,9,15H,2,6,8H2,(H2,12,13). The van der Waals surface area contributed by atoms with Crippen molar-refractivity contribution < 1.29 is 8.42 Å². The number of rotatable bonds is 6. The molecule has 0 saturated heterocycles. The van der Waals surface area contributed by atoms with Gasteiger partial charge in [0.1, 0.15) is 10.7 Å². The van der Waals surface area contributed by atoms with Crippen LogP contribution in [-0.2, 0) is 16.6 Å². The van der Waals surface area contributed by atoms with E-state index in [4.69, 9.17) is 5.73 Å². The van der Waals surface area contributed by atoms with Crippen LogP contribution in [0, 0.1) is 0 Å². The first-order chi connectivity index (χ1) is 9.08. The molecule has 2 aromatic rings. The smallest absolute Gasteiger partial charge is 0.242 e. The molecule has 0 saturated carbocycles. The molecule has 0 atom stereocenters. The van der Waals surface area contributed by atoms with Gasteiger partial charge in [-0.3, -0.25) is 4.68 Å². The van der Waals surface area contributed by atoms with E-state index in [-0.39, 0.29) is 10.7 Å². The van der Waals surface area contributed by atoms with E-state index in [1.54, 1.807) is 10.9 Å². The molecule has 102 valence electrons. The molecule has 0 aromatic carbocycles. The lowest BCUT2D eigenvalue weighted by Gasteiger charge is -2.06. The van der Waals surface area contributed by atoms with Crippen LogP contribution in [0.3, 0.4) is 0 Å². The molecule has 19 heavy (non-hydrogen) atoms. The van der Waals surface area contributed by atoms with Gasteiger partial charge in [-0.15, -0.1) is 0 Å². The second-order valence-electron chi connectivity index (χ2n) is 3.94. The third kappa shape index (κ3) is 3.76. The first-order valence-electron chi connectivity index (χ1n) is 5.76. The highest BCUT2D eigenvalue weighted by Gasteiger charge is 2.13. The van der Waals surface area contributed by atoms with Gasteiger partial charge < -0.3 is 5.73 Å². The molecule has 0 aliphatic rings. The molecule has 0 radical (unpaired) electrons. The quantitative estimate of drug-likeness (QED) is 0.738. The fourth-order valence-corrected chi connectivity index (χ4v) is 2.53. The van der Waals surface area contributed by atoms with Crippen LogP contribution in [0.5, 0.6) is 0 Å². The number of nitrogens with two attached hydrogens (primary N) is 1. The summed E-state index contributed by atoms with van der Waals surface area (Å²) >= 11 is 0. The fraction of sp³-hybridized carbons (Fsp3) is 0.273. The molecule has 0 spiro atoms. The molecule has 0 fully saturated rings. The number of hydrogen-bond acceptors (Lipinski definition) is 5. The molecule has 0 aliphatic carbocycles. The average molecular weight is 281 g/mol. The van der Waals surface area contributed by atoms with Crippen molar-refractivity contribution in [2.45, 2.75) is 17.9 Å². The third-order valence-electron chi connectivity index (χ3n) is 2.48. The summed E-state index contributed by atoms with van der Waals surface area (Å²) in [5.74, 6) is 0.289. The highest BCUT2D eigenvalue weighted by molar-refractivity contribution is 7.89. The highest BCUT2D eigenvalue weighted by atomic mass is 32.2. The first-order valence-corrected chi connectivity index (χ1v) is 7.25. The van der Waals surface area contributed by atoms with Crippen molar-refractivity contribution in [3.8, 4) is 0 Å². The van der Waals surface area contributed by atoms with Crippen molar-refractivity contribution in [3.63, 3.8) is 0 Å². The molecule has 2 rings (SSSR count). The molecule has 2 heterocycles. The summed E-state index contributed by atoms with van der Waals surface area (Å²) in [7, 11) is -3.52. The van der Waals surface area contributed by atoms with E-state index in [1.807, 2.05) is 12.3 Å². The summed E-state index contributed by atoms with van der Waals surface area (Å²) in [4.78, 5) is 3.87. The van der Waals surface area contributed by atoms with Crippen molar-refractivity contribution >= 4 is 15.8 Å². The van der Waals surface area contributed by atoms with E-state index in [0.29, 0.717) is 19.5 Å². The van der Waals surface area contributed by atoms with Gasteiger partial charge in [0.05, 0.1) is 0 Å². The minimum absolute atomic E-state index is 0.112. The largest absolute Gasteiger partial charge is 0.384 e. The summed E-state index contributed by atoms with van der Waals surface area (Å²) in [5.41, 5.74) is 5.41. The molecule has 0 unspecified atom stereocenters. The predicted octanol–water partition coefficient (Wildman–Crippen LogP) is 0.229. The number of nitrogens with zero attached hydrogens (tertiary/aromatic N) is 3. The van der Waals surface area contributed by atoms with Gasteiger partial charge in [0, 0.05) is 31.7 Å². The number of hydrogen-bond donors (Lipinski definition) is 2. The van der Waals surface area contributed by atoms with Crippen LogP contribution in [0.2, 0.25) is 0 Å². The lowest BCUT2D eigenvalue weighted by Crippen LogP contribution is -2.25. The zero-order valence-electron chi connectivity index (χ0n) is 10.2. The van der Waals surface area contributed by atoms with Crippen LogP contribution in [0.25, 0.3) is 0 Å². The molecular formula is C11H15N5O2S. The molecule has 0 amide bonds. The van der Waals surface area contributed by atoms with Gasteiger partial charge >= 0.3 is 0 Å². The zero-order valence-corrected chi connectivity index (χ0v) is 11.0. The number of pyridine rings is 1. The summed E-state index contributed by atoms with van der Waals surface area (Å²) in [6.07, 6.45) is 5.41. The molecule has 3 N–H and O–H groups in total. The van der Waals surface area contributed by atoms with Crippen molar-refractivity contribution in [1.82, 2.24) is 19.5 Å². The summed E-state index contributed by atoms with van der Waals surface area (Å²) in [6, 6.07) is 4.71. The van der Waals surface area contributed by atoms with E-state index in [0.717, 1.165) is 0 Å². The van der Waals surface area contributed by atoms with Gasteiger partial charge in [-0.25, -0.2) is 18.1 Å². The third-order valence-corrected chi connectivity index (χ3v) is 3.93. The maximum atomic E-state index is 11.9. The Morgan fingerprint density at radius 3 is 2.84 bits per heavy atom. The van der Waals surface area contributed by atoms with E-state index >= 15 is 0 Å². The van der Waals surface area contributed by atoms with Crippen LogP contribution in [-0.4, -0.2) is 29.7 Å². The zero-order chi connectivity index (χ0) is 13.7. The number of nitrogen functional groups attached to an aromatic ring is 1. The monoisotopic (exact) mass is 281 g/mol. The van der Waals surface area contributed by atoms with Crippen molar-refractivity contribution in [2.75, 3.05) is 12.3 Å². The predicted molar refractivity (Wildman–Crippen MR) is 70.7 cm³/mol. The number of nitrogens with one attached hydrogen (secondary N) is 1. The Bertz CT molecular complexity index is 607. The van der Waals surface area contributed by atoms with Crippen molar-refractivity contribution in [1.29, 1.82) is 0 Å². The Kier molecular flexibility index (Phi) is 4.13. The lowest BCUT2D eigenvalue weighted by atomic mass is 10.4. The SMILES string of the molecule is Nc1ccc(S(=O)(=O)NCCCn2cccn2)cn1. The Morgan fingerprint density at radius 2 is 2.21 bits per heavy atom.